The molecule has 17 heavy (non-hydrogen) atoms. The summed E-state index contributed by atoms with van der Waals surface area (Å²) >= 11 is 0. The van der Waals surface area contributed by atoms with Crippen LogP contribution in [0.5, 0.6) is 0 Å². The molecule has 0 aliphatic carbocycles. The molecule has 90 valence electrons. The van der Waals surface area contributed by atoms with E-state index in [0.29, 0.717) is 6.04 Å². The Balaban J connectivity index is 2.05. The molecule has 1 unspecified atom stereocenters. The van der Waals surface area contributed by atoms with Gasteiger partial charge in [0.25, 0.3) is 0 Å². The van der Waals surface area contributed by atoms with E-state index in [-0.39, 0.29) is 6.04 Å². The first-order chi connectivity index (χ1) is 8.31. The van der Waals surface area contributed by atoms with Gasteiger partial charge in [-0.2, -0.15) is 0 Å². The van der Waals surface area contributed by atoms with E-state index in [0.717, 1.165) is 12.2 Å². The van der Waals surface area contributed by atoms with Crippen LogP contribution < -0.4 is 5.32 Å². The van der Waals surface area contributed by atoms with Gasteiger partial charge in [0.15, 0.2) is 0 Å². The zero-order chi connectivity index (χ0) is 12.1. The predicted molar refractivity (Wildman–Crippen MR) is 69.7 cm³/mol. The fourth-order valence-electron chi connectivity index (χ4n) is 2.03. The zero-order valence-corrected chi connectivity index (χ0v) is 10.4. The molecule has 0 saturated heterocycles. The molecule has 1 N–H and O–H groups in total. The van der Waals surface area contributed by atoms with E-state index in [1.54, 1.807) is 6.26 Å². The molecular weight excluding hydrogens is 210 g/mol. The number of furan rings is 1. The molecule has 2 heteroatoms. The number of hydrogen-bond donors (Lipinski definition) is 1. The minimum Gasteiger partial charge on any atom is -0.468 e. The van der Waals surface area contributed by atoms with Gasteiger partial charge in [0, 0.05) is 6.04 Å². The summed E-state index contributed by atoms with van der Waals surface area (Å²) in [5, 5.41) is 3.59. The highest BCUT2D eigenvalue weighted by molar-refractivity contribution is 5.18. The highest BCUT2D eigenvalue weighted by Gasteiger charge is 2.15. The Labute approximate surface area is 103 Å². The van der Waals surface area contributed by atoms with Gasteiger partial charge >= 0.3 is 0 Å². The molecule has 0 bridgehead atoms. The standard InChI is InChI=1S/C15H19NO/c1-3-14(15-10-7-11-17-15)16-12(2)13-8-5-4-6-9-13/h4-12,14,16H,3H2,1-2H3/t12-,14?/m0/s1. The molecule has 0 aliphatic heterocycles. The van der Waals surface area contributed by atoms with E-state index >= 15 is 0 Å². The third-order valence-corrected chi connectivity index (χ3v) is 3.05. The molecule has 0 amide bonds. The summed E-state index contributed by atoms with van der Waals surface area (Å²) in [5.41, 5.74) is 1.30. The van der Waals surface area contributed by atoms with Crippen molar-refractivity contribution in [3.05, 3.63) is 60.1 Å². The lowest BCUT2D eigenvalue weighted by Gasteiger charge is -2.21. The second-order valence-corrected chi connectivity index (χ2v) is 4.28. The highest BCUT2D eigenvalue weighted by atomic mass is 16.3. The molecule has 1 aromatic heterocycles. The molecule has 0 spiro atoms. The zero-order valence-electron chi connectivity index (χ0n) is 10.4. The summed E-state index contributed by atoms with van der Waals surface area (Å²) in [6.45, 7) is 4.35. The van der Waals surface area contributed by atoms with Crippen LogP contribution in [0, 0.1) is 0 Å². The van der Waals surface area contributed by atoms with E-state index < -0.39 is 0 Å². The molecule has 2 atom stereocenters. The second kappa shape index (κ2) is 5.69. The molecular formula is C15H19NO. The van der Waals surface area contributed by atoms with Crippen LogP contribution >= 0.6 is 0 Å². The van der Waals surface area contributed by atoms with Gasteiger partial charge in [-0.3, -0.25) is 0 Å². The van der Waals surface area contributed by atoms with Crippen LogP contribution in [0.3, 0.4) is 0 Å². The smallest absolute Gasteiger partial charge is 0.120 e. The highest BCUT2D eigenvalue weighted by Crippen LogP contribution is 2.22. The SMILES string of the molecule is CCC(N[C@@H](C)c1ccccc1)c1ccco1. The van der Waals surface area contributed by atoms with E-state index in [4.69, 9.17) is 4.42 Å². The maximum atomic E-state index is 5.46. The first-order valence-corrected chi connectivity index (χ1v) is 6.15. The van der Waals surface area contributed by atoms with Crippen molar-refractivity contribution in [1.29, 1.82) is 0 Å². The topological polar surface area (TPSA) is 25.2 Å². The van der Waals surface area contributed by atoms with Crippen LogP contribution in [-0.2, 0) is 0 Å². The Morgan fingerprint density at radius 3 is 2.47 bits per heavy atom. The van der Waals surface area contributed by atoms with Crippen LogP contribution in [0.4, 0.5) is 0 Å². The van der Waals surface area contributed by atoms with Gasteiger partial charge in [-0.25, -0.2) is 0 Å². The summed E-state index contributed by atoms with van der Waals surface area (Å²) in [6, 6.07) is 15.0. The second-order valence-electron chi connectivity index (χ2n) is 4.28. The van der Waals surface area contributed by atoms with Crippen molar-refractivity contribution in [2.24, 2.45) is 0 Å². The average Bonchev–Trinajstić information content (AvgIpc) is 2.90. The lowest BCUT2D eigenvalue weighted by atomic mass is 10.1. The lowest BCUT2D eigenvalue weighted by molar-refractivity contribution is 0.376. The van der Waals surface area contributed by atoms with Crippen molar-refractivity contribution < 1.29 is 4.42 Å². The first-order valence-electron chi connectivity index (χ1n) is 6.15. The Morgan fingerprint density at radius 1 is 1.12 bits per heavy atom. The quantitative estimate of drug-likeness (QED) is 0.835. The van der Waals surface area contributed by atoms with Gasteiger partial charge in [0.2, 0.25) is 0 Å². The number of rotatable bonds is 5. The van der Waals surface area contributed by atoms with Gasteiger partial charge in [0.1, 0.15) is 5.76 Å². The first kappa shape index (κ1) is 11.9. The maximum absolute atomic E-state index is 5.46. The largest absolute Gasteiger partial charge is 0.468 e. The van der Waals surface area contributed by atoms with Crippen molar-refractivity contribution in [1.82, 2.24) is 5.32 Å². The summed E-state index contributed by atoms with van der Waals surface area (Å²) in [4.78, 5) is 0. The fraction of sp³-hybridized carbons (Fsp3) is 0.333. The molecule has 0 saturated carbocycles. The molecule has 0 radical (unpaired) electrons. The Morgan fingerprint density at radius 2 is 1.88 bits per heavy atom. The van der Waals surface area contributed by atoms with Gasteiger partial charge in [-0.1, -0.05) is 37.3 Å². The molecule has 2 rings (SSSR count). The van der Waals surface area contributed by atoms with Crippen molar-refractivity contribution >= 4 is 0 Å². The van der Waals surface area contributed by atoms with Gasteiger partial charge in [-0.05, 0) is 31.0 Å². The Hall–Kier alpha value is -1.54. The van der Waals surface area contributed by atoms with Crippen molar-refractivity contribution in [2.45, 2.75) is 32.4 Å². The van der Waals surface area contributed by atoms with Gasteiger partial charge in [-0.15, -0.1) is 0 Å². The average molecular weight is 229 g/mol. The van der Waals surface area contributed by atoms with Crippen molar-refractivity contribution in [3.8, 4) is 0 Å². The van der Waals surface area contributed by atoms with E-state index in [2.05, 4.69) is 43.4 Å². The lowest BCUT2D eigenvalue weighted by Crippen LogP contribution is -2.23. The van der Waals surface area contributed by atoms with Crippen LogP contribution in [0.2, 0.25) is 0 Å². The molecule has 2 aromatic rings. The molecule has 1 aromatic carbocycles. The third kappa shape index (κ3) is 2.98. The molecule has 2 nitrogen and oxygen atoms in total. The number of benzene rings is 1. The molecule has 0 fully saturated rings. The molecule has 1 heterocycles. The van der Waals surface area contributed by atoms with Gasteiger partial charge in [0.05, 0.1) is 12.3 Å². The van der Waals surface area contributed by atoms with E-state index in [1.807, 2.05) is 18.2 Å². The fourth-order valence-corrected chi connectivity index (χ4v) is 2.03. The predicted octanol–water partition coefficient (Wildman–Crippen LogP) is 4.08. The number of hydrogen-bond acceptors (Lipinski definition) is 2. The number of nitrogens with one attached hydrogen (secondary N) is 1. The van der Waals surface area contributed by atoms with Crippen LogP contribution in [0.15, 0.2) is 53.1 Å². The van der Waals surface area contributed by atoms with Crippen molar-refractivity contribution in [2.75, 3.05) is 0 Å². The third-order valence-electron chi connectivity index (χ3n) is 3.05. The molecule has 0 aliphatic rings. The van der Waals surface area contributed by atoms with E-state index in [1.165, 1.54) is 5.56 Å². The summed E-state index contributed by atoms with van der Waals surface area (Å²) in [6.07, 6.45) is 2.75. The van der Waals surface area contributed by atoms with Crippen LogP contribution in [0.25, 0.3) is 0 Å². The minimum absolute atomic E-state index is 0.278. The monoisotopic (exact) mass is 229 g/mol. The maximum Gasteiger partial charge on any atom is 0.120 e. The Kier molecular flexibility index (Phi) is 3.99. The summed E-state index contributed by atoms with van der Waals surface area (Å²) < 4.78 is 5.46. The summed E-state index contributed by atoms with van der Waals surface area (Å²) in [7, 11) is 0. The van der Waals surface area contributed by atoms with Crippen molar-refractivity contribution in [3.63, 3.8) is 0 Å². The van der Waals surface area contributed by atoms with E-state index in [9.17, 15) is 0 Å². The van der Waals surface area contributed by atoms with Crippen LogP contribution in [0.1, 0.15) is 43.7 Å². The Bertz CT molecular complexity index is 421. The normalized spacial score (nSPS) is 14.5. The minimum atomic E-state index is 0.278. The summed E-state index contributed by atoms with van der Waals surface area (Å²) in [5.74, 6) is 1.01. The van der Waals surface area contributed by atoms with Gasteiger partial charge < -0.3 is 9.73 Å². The van der Waals surface area contributed by atoms with Crippen LogP contribution in [-0.4, -0.2) is 0 Å².